The minimum absolute atomic E-state index is 0.953. The van der Waals surface area contributed by atoms with Gasteiger partial charge in [0.05, 0.1) is 12.0 Å². The highest BCUT2D eigenvalue weighted by molar-refractivity contribution is 5.70. The Bertz CT molecular complexity index is 674. The van der Waals surface area contributed by atoms with Gasteiger partial charge in [-0.2, -0.15) is 0 Å². The van der Waals surface area contributed by atoms with Crippen LogP contribution >= 0.6 is 0 Å². The van der Waals surface area contributed by atoms with Crippen molar-refractivity contribution >= 4 is 23.4 Å². The van der Waals surface area contributed by atoms with Gasteiger partial charge in [0.15, 0.2) is 0 Å². The number of hydrogen-bond donors (Lipinski definition) is 1. The molecular formula is C19H25N3. The van der Waals surface area contributed by atoms with Crippen LogP contribution in [-0.4, -0.2) is 24.8 Å². The fourth-order valence-electron chi connectivity index (χ4n) is 2.20. The molecule has 0 saturated heterocycles. The van der Waals surface area contributed by atoms with Crippen molar-refractivity contribution in [3.05, 3.63) is 53.1 Å². The van der Waals surface area contributed by atoms with Crippen LogP contribution in [-0.2, 0) is 0 Å². The highest BCUT2D eigenvalue weighted by atomic mass is 15.1. The Morgan fingerprint density at radius 1 is 1.09 bits per heavy atom. The molecular weight excluding hydrogens is 270 g/mol. The zero-order valence-corrected chi connectivity index (χ0v) is 14.1. The van der Waals surface area contributed by atoms with Crippen molar-refractivity contribution in [2.24, 2.45) is 4.99 Å². The van der Waals surface area contributed by atoms with Crippen molar-refractivity contribution < 1.29 is 0 Å². The lowest BCUT2D eigenvalue weighted by Crippen LogP contribution is -2.14. The maximum atomic E-state index is 4.57. The number of hydrogen-bond acceptors (Lipinski definition) is 2. The molecule has 0 saturated carbocycles. The van der Waals surface area contributed by atoms with Gasteiger partial charge in [-0.15, -0.1) is 0 Å². The van der Waals surface area contributed by atoms with E-state index in [9.17, 15) is 0 Å². The highest BCUT2D eigenvalue weighted by Gasteiger charge is 2.04. The minimum atomic E-state index is 0.953. The van der Waals surface area contributed by atoms with Crippen LogP contribution < -0.4 is 5.32 Å². The lowest BCUT2D eigenvalue weighted by Gasteiger charge is -2.14. The Kier molecular flexibility index (Phi) is 5.21. The highest BCUT2D eigenvalue weighted by Crippen LogP contribution is 2.28. The van der Waals surface area contributed by atoms with Gasteiger partial charge in [0, 0.05) is 25.0 Å². The fraction of sp³-hybridized carbons (Fsp3) is 0.316. The molecule has 0 spiro atoms. The topological polar surface area (TPSA) is 27.6 Å². The maximum Gasteiger partial charge on any atom is 0.0909 e. The van der Waals surface area contributed by atoms with Gasteiger partial charge in [-0.3, -0.25) is 0 Å². The largest absolute Gasteiger partial charge is 0.366 e. The molecule has 0 unspecified atom stereocenters. The Hall–Kier alpha value is -2.29. The lowest BCUT2D eigenvalue weighted by atomic mass is 10.1. The molecule has 1 N–H and O–H groups in total. The summed E-state index contributed by atoms with van der Waals surface area (Å²) in [6.07, 6.45) is 1.88. The van der Waals surface area contributed by atoms with Crippen molar-refractivity contribution in [2.75, 3.05) is 18.9 Å². The summed E-state index contributed by atoms with van der Waals surface area (Å²) in [4.78, 5) is 6.64. The first-order valence-electron chi connectivity index (χ1n) is 7.69. The van der Waals surface area contributed by atoms with Gasteiger partial charge >= 0.3 is 0 Å². The molecule has 0 aliphatic rings. The average Bonchev–Trinajstić information content (AvgIpc) is 2.49. The number of aliphatic imine (C=N–C) groups is 1. The summed E-state index contributed by atoms with van der Waals surface area (Å²) >= 11 is 0. The molecule has 22 heavy (non-hydrogen) atoms. The van der Waals surface area contributed by atoms with E-state index in [1.807, 2.05) is 13.4 Å². The molecule has 0 fully saturated rings. The smallest absolute Gasteiger partial charge is 0.0909 e. The van der Waals surface area contributed by atoms with E-state index in [0.29, 0.717) is 0 Å². The average molecular weight is 295 g/mol. The van der Waals surface area contributed by atoms with Gasteiger partial charge in [-0.05, 0) is 68.7 Å². The molecule has 2 aromatic rings. The molecule has 0 bridgehead atoms. The predicted molar refractivity (Wildman–Crippen MR) is 96.8 cm³/mol. The third kappa shape index (κ3) is 4.10. The molecule has 3 heteroatoms. The molecule has 2 rings (SSSR count). The summed E-state index contributed by atoms with van der Waals surface area (Å²) in [6.45, 7) is 9.37. The molecule has 0 amide bonds. The first-order chi connectivity index (χ1) is 10.5. The van der Waals surface area contributed by atoms with E-state index >= 15 is 0 Å². The van der Waals surface area contributed by atoms with Crippen molar-refractivity contribution in [3.63, 3.8) is 0 Å². The van der Waals surface area contributed by atoms with E-state index in [4.69, 9.17) is 0 Å². The number of nitrogens with one attached hydrogen (secondary N) is 1. The predicted octanol–water partition coefficient (Wildman–Crippen LogP) is 4.97. The minimum Gasteiger partial charge on any atom is -0.366 e. The van der Waals surface area contributed by atoms with Gasteiger partial charge in [0.2, 0.25) is 0 Å². The SMILES string of the molecule is CCN(C)C=Nc1cc(C)c(Nc2cccc(C)c2)cc1C. The first kappa shape index (κ1) is 16.1. The standard InChI is InChI=1S/C19H25N3/c1-6-22(5)13-20-18-11-16(4)19(12-15(18)3)21-17-9-7-8-14(2)10-17/h7-13,21H,6H2,1-5H3. The van der Waals surface area contributed by atoms with Gasteiger partial charge in [0.25, 0.3) is 0 Å². The van der Waals surface area contributed by atoms with E-state index in [1.165, 1.54) is 16.7 Å². The van der Waals surface area contributed by atoms with Crippen molar-refractivity contribution in [1.29, 1.82) is 0 Å². The summed E-state index contributed by atoms with van der Waals surface area (Å²) < 4.78 is 0. The second-order valence-electron chi connectivity index (χ2n) is 5.77. The van der Waals surface area contributed by atoms with Crippen LogP contribution in [0.1, 0.15) is 23.6 Å². The van der Waals surface area contributed by atoms with E-state index in [1.54, 1.807) is 0 Å². The van der Waals surface area contributed by atoms with Gasteiger partial charge < -0.3 is 10.2 Å². The summed E-state index contributed by atoms with van der Waals surface area (Å²) in [5.74, 6) is 0. The van der Waals surface area contributed by atoms with Crippen molar-refractivity contribution in [2.45, 2.75) is 27.7 Å². The van der Waals surface area contributed by atoms with Crippen LogP contribution in [0.5, 0.6) is 0 Å². The molecule has 0 radical (unpaired) electrons. The Morgan fingerprint density at radius 3 is 2.55 bits per heavy atom. The second-order valence-corrected chi connectivity index (χ2v) is 5.77. The van der Waals surface area contributed by atoms with Crippen LogP contribution in [0.4, 0.5) is 17.1 Å². The van der Waals surface area contributed by atoms with Gasteiger partial charge in [0.1, 0.15) is 0 Å². The van der Waals surface area contributed by atoms with E-state index in [-0.39, 0.29) is 0 Å². The van der Waals surface area contributed by atoms with Crippen molar-refractivity contribution in [1.82, 2.24) is 4.90 Å². The molecule has 0 atom stereocenters. The number of aryl methyl sites for hydroxylation is 3. The fourth-order valence-corrected chi connectivity index (χ4v) is 2.20. The van der Waals surface area contributed by atoms with Crippen LogP contribution in [0, 0.1) is 20.8 Å². The summed E-state index contributed by atoms with van der Waals surface area (Å²) in [5.41, 5.74) is 6.88. The van der Waals surface area contributed by atoms with E-state index < -0.39 is 0 Å². The normalized spacial score (nSPS) is 11.0. The van der Waals surface area contributed by atoms with Crippen LogP contribution in [0.15, 0.2) is 41.4 Å². The number of anilines is 2. The lowest BCUT2D eigenvalue weighted by molar-refractivity contribution is 0.552. The molecule has 0 heterocycles. The number of rotatable bonds is 5. The van der Waals surface area contributed by atoms with Crippen LogP contribution in [0.25, 0.3) is 0 Å². The van der Waals surface area contributed by atoms with Gasteiger partial charge in [-0.1, -0.05) is 12.1 Å². The zero-order valence-electron chi connectivity index (χ0n) is 14.1. The Labute approximate surface area is 133 Å². The molecule has 0 aromatic heterocycles. The van der Waals surface area contributed by atoms with Gasteiger partial charge in [-0.25, -0.2) is 4.99 Å². The Balaban J connectivity index is 2.24. The van der Waals surface area contributed by atoms with E-state index in [2.05, 4.69) is 79.3 Å². The van der Waals surface area contributed by atoms with Crippen molar-refractivity contribution in [3.8, 4) is 0 Å². The monoisotopic (exact) mass is 295 g/mol. The zero-order chi connectivity index (χ0) is 16.1. The Morgan fingerprint density at radius 2 is 1.86 bits per heavy atom. The van der Waals surface area contributed by atoms with Crippen LogP contribution in [0.3, 0.4) is 0 Å². The quantitative estimate of drug-likeness (QED) is 0.623. The number of nitrogens with zero attached hydrogens (tertiary/aromatic N) is 2. The summed E-state index contributed by atoms with van der Waals surface area (Å²) in [7, 11) is 2.03. The molecule has 3 nitrogen and oxygen atoms in total. The first-order valence-corrected chi connectivity index (χ1v) is 7.69. The third-order valence-electron chi connectivity index (χ3n) is 3.73. The third-order valence-corrected chi connectivity index (χ3v) is 3.73. The molecule has 2 aromatic carbocycles. The number of benzene rings is 2. The molecule has 0 aliphatic carbocycles. The molecule has 0 aliphatic heterocycles. The summed E-state index contributed by atoms with van der Waals surface area (Å²) in [6, 6.07) is 12.7. The van der Waals surface area contributed by atoms with Crippen LogP contribution in [0.2, 0.25) is 0 Å². The maximum absolute atomic E-state index is 4.57. The second kappa shape index (κ2) is 7.12. The summed E-state index contributed by atoms with van der Waals surface area (Å²) in [5, 5.41) is 3.49. The van der Waals surface area contributed by atoms with E-state index in [0.717, 1.165) is 23.6 Å². The molecule has 116 valence electrons.